The molecule has 3 nitrogen and oxygen atoms in total. The Balaban J connectivity index is 2.09. The van der Waals surface area contributed by atoms with Crippen LogP contribution in [-0.2, 0) is 0 Å². The monoisotopic (exact) mass is 245 g/mol. The minimum Gasteiger partial charge on any atom is -0.370 e. The van der Waals surface area contributed by atoms with Crippen LogP contribution in [0, 0.1) is 5.82 Å². The molecule has 1 saturated heterocycles. The average molecular weight is 245 g/mol. The Morgan fingerprint density at radius 1 is 1.44 bits per heavy atom. The normalized spacial score (nSPS) is 19.3. The van der Waals surface area contributed by atoms with Crippen molar-refractivity contribution in [3.63, 3.8) is 0 Å². The zero-order valence-corrected chi connectivity index (χ0v) is 10.4. The lowest BCUT2D eigenvalue weighted by Gasteiger charge is -2.27. The highest BCUT2D eigenvalue weighted by Crippen LogP contribution is 2.28. The molecule has 2 aromatic rings. The molecular formula is C14H16FN3. The summed E-state index contributed by atoms with van der Waals surface area (Å²) >= 11 is 0. The molecule has 1 unspecified atom stereocenters. The van der Waals surface area contributed by atoms with Crippen molar-refractivity contribution in [2.75, 3.05) is 25.0 Å². The third-order valence-electron chi connectivity index (χ3n) is 3.63. The molecule has 1 aliphatic rings. The van der Waals surface area contributed by atoms with Gasteiger partial charge in [0.1, 0.15) is 5.82 Å². The van der Waals surface area contributed by atoms with Crippen molar-refractivity contribution in [3.05, 3.63) is 36.3 Å². The minimum atomic E-state index is -0.228. The van der Waals surface area contributed by atoms with Gasteiger partial charge in [0.25, 0.3) is 0 Å². The largest absolute Gasteiger partial charge is 0.370 e. The highest BCUT2D eigenvalue weighted by molar-refractivity contribution is 5.91. The number of halogens is 1. The summed E-state index contributed by atoms with van der Waals surface area (Å²) in [6.07, 6.45) is 2.79. The number of nitrogens with one attached hydrogen (secondary N) is 1. The van der Waals surface area contributed by atoms with Crippen molar-refractivity contribution >= 4 is 16.6 Å². The molecule has 1 aromatic heterocycles. The zero-order valence-electron chi connectivity index (χ0n) is 10.4. The second-order valence-electron chi connectivity index (χ2n) is 4.75. The second-order valence-corrected chi connectivity index (χ2v) is 4.75. The molecule has 0 radical (unpaired) electrons. The minimum absolute atomic E-state index is 0.228. The number of likely N-dealkylation sites (N-methyl/N-ethyl adjacent to an activating group) is 1. The fourth-order valence-corrected chi connectivity index (χ4v) is 2.59. The van der Waals surface area contributed by atoms with Crippen LogP contribution in [0.15, 0.2) is 30.5 Å². The average Bonchev–Trinajstić information content (AvgIpc) is 2.90. The van der Waals surface area contributed by atoms with Crippen molar-refractivity contribution in [2.45, 2.75) is 12.5 Å². The van der Waals surface area contributed by atoms with Crippen molar-refractivity contribution in [3.8, 4) is 0 Å². The standard InChI is InChI=1S/C14H16FN3/c1-18(11-4-6-16-9-11)14-8-10(15)7-13-12(14)3-2-5-17-13/h2-3,5,7-8,11,16H,4,6,9H2,1H3. The molecule has 1 atom stereocenters. The van der Waals surface area contributed by atoms with Gasteiger partial charge in [-0.15, -0.1) is 0 Å². The molecule has 1 fully saturated rings. The van der Waals surface area contributed by atoms with Gasteiger partial charge in [-0.25, -0.2) is 4.39 Å². The molecule has 0 spiro atoms. The lowest BCUT2D eigenvalue weighted by molar-refractivity contribution is 0.625. The fraction of sp³-hybridized carbons (Fsp3) is 0.357. The first-order chi connectivity index (χ1) is 8.75. The summed E-state index contributed by atoms with van der Waals surface area (Å²) in [5.74, 6) is -0.228. The lowest BCUT2D eigenvalue weighted by atomic mass is 10.1. The molecule has 1 aliphatic heterocycles. The maximum Gasteiger partial charge on any atom is 0.127 e. The van der Waals surface area contributed by atoms with Crippen LogP contribution < -0.4 is 10.2 Å². The third-order valence-corrected chi connectivity index (χ3v) is 3.63. The summed E-state index contributed by atoms with van der Waals surface area (Å²) in [5, 5.41) is 4.34. The Kier molecular flexibility index (Phi) is 2.88. The van der Waals surface area contributed by atoms with Gasteiger partial charge in [-0.05, 0) is 31.2 Å². The maximum atomic E-state index is 13.7. The summed E-state index contributed by atoms with van der Waals surface area (Å²) in [6.45, 7) is 1.98. The molecule has 94 valence electrons. The molecule has 1 aromatic carbocycles. The molecule has 2 heterocycles. The van der Waals surface area contributed by atoms with Gasteiger partial charge in [0.05, 0.1) is 5.52 Å². The fourth-order valence-electron chi connectivity index (χ4n) is 2.59. The summed E-state index contributed by atoms with van der Waals surface area (Å²) < 4.78 is 13.7. The van der Waals surface area contributed by atoms with E-state index in [4.69, 9.17) is 0 Å². The molecule has 3 rings (SSSR count). The van der Waals surface area contributed by atoms with Crippen LogP contribution in [0.2, 0.25) is 0 Å². The summed E-state index contributed by atoms with van der Waals surface area (Å²) in [4.78, 5) is 6.39. The van der Waals surface area contributed by atoms with E-state index < -0.39 is 0 Å². The van der Waals surface area contributed by atoms with Crippen LogP contribution in [0.3, 0.4) is 0 Å². The van der Waals surface area contributed by atoms with Gasteiger partial charge in [-0.2, -0.15) is 0 Å². The molecule has 18 heavy (non-hydrogen) atoms. The van der Waals surface area contributed by atoms with Crippen molar-refractivity contribution in [1.29, 1.82) is 0 Å². The number of nitrogens with zero attached hydrogens (tertiary/aromatic N) is 2. The Bertz CT molecular complexity index is 564. The number of hydrogen-bond donors (Lipinski definition) is 1. The number of hydrogen-bond acceptors (Lipinski definition) is 3. The summed E-state index contributed by atoms with van der Waals surface area (Å²) in [6, 6.07) is 7.40. The van der Waals surface area contributed by atoms with E-state index in [-0.39, 0.29) is 5.82 Å². The first-order valence-electron chi connectivity index (χ1n) is 6.23. The van der Waals surface area contributed by atoms with Gasteiger partial charge in [0, 0.05) is 43.0 Å². The Labute approximate surface area is 106 Å². The van der Waals surface area contributed by atoms with Crippen LogP contribution in [0.25, 0.3) is 10.9 Å². The number of rotatable bonds is 2. The number of benzene rings is 1. The van der Waals surface area contributed by atoms with Crippen LogP contribution in [-0.4, -0.2) is 31.2 Å². The van der Waals surface area contributed by atoms with Crippen LogP contribution in [0.5, 0.6) is 0 Å². The van der Waals surface area contributed by atoms with E-state index in [0.29, 0.717) is 11.6 Å². The Morgan fingerprint density at radius 2 is 2.33 bits per heavy atom. The summed E-state index contributed by atoms with van der Waals surface area (Å²) in [5.41, 5.74) is 1.64. The smallest absolute Gasteiger partial charge is 0.127 e. The lowest BCUT2D eigenvalue weighted by Crippen LogP contribution is -2.33. The van der Waals surface area contributed by atoms with Crippen molar-refractivity contribution in [1.82, 2.24) is 10.3 Å². The van der Waals surface area contributed by atoms with E-state index >= 15 is 0 Å². The predicted octanol–water partition coefficient (Wildman–Crippen LogP) is 2.17. The van der Waals surface area contributed by atoms with E-state index in [1.807, 2.05) is 19.2 Å². The van der Waals surface area contributed by atoms with E-state index in [1.165, 1.54) is 6.07 Å². The van der Waals surface area contributed by atoms with E-state index in [2.05, 4.69) is 15.2 Å². The molecule has 1 N–H and O–H groups in total. The van der Waals surface area contributed by atoms with Gasteiger partial charge in [0.15, 0.2) is 0 Å². The van der Waals surface area contributed by atoms with Gasteiger partial charge in [-0.1, -0.05) is 0 Å². The van der Waals surface area contributed by atoms with Crippen LogP contribution >= 0.6 is 0 Å². The van der Waals surface area contributed by atoms with Crippen LogP contribution in [0.4, 0.5) is 10.1 Å². The highest BCUT2D eigenvalue weighted by Gasteiger charge is 2.21. The summed E-state index contributed by atoms with van der Waals surface area (Å²) in [7, 11) is 2.03. The van der Waals surface area contributed by atoms with E-state index in [1.54, 1.807) is 12.3 Å². The van der Waals surface area contributed by atoms with Gasteiger partial charge < -0.3 is 10.2 Å². The van der Waals surface area contributed by atoms with Crippen molar-refractivity contribution < 1.29 is 4.39 Å². The quantitative estimate of drug-likeness (QED) is 0.879. The number of anilines is 1. The first kappa shape index (κ1) is 11.4. The van der Waals surface area contributed by atoms with E-state index in [0.717, 1.165) is 30.6 Å². The first-order valence-corrected chi connectivity index (χ1v) is 6.23. The number of aromatic nitrogens is 1. The molecular weight excluding hydrogens is 229 g/mol. The van der Waals surface area contributed by atoms with E-state index in [9.17, 15) is 4.39 Å². The van der Waals surface area contributed by atoms with Crippen LogP contribution in [0.1, 0.15) is 6.42 Å². The number of pyridine rings is 1. The molecule has 0 amide bonds. The van der Waals surface area contributed by atoms with Crippen molar-refractivity contribution in [2.24, 2.45) is 0 Å². The Morgan fingerprint density at radius 3 is 3.11 bits per heavy atom. The van der Waals surface area contributed by atoms with Gasteiger partial charge in [-0.3, -0.25) is 4.98 Å². The predicted molar refractivity (Wildman–Crippen MR) is 71.4 cm³/mol. The topological polar surface area (TPSA) is 28.2 Å². The molecule has 0 saturated carbocycles. The Hall–Kier alpha value is -1.68. The highest BCUT2D eigenvalue weighted by atomic mass is 19.1. The maximum absolute atomic E-state index is 13.7. The zero-order chi connectivity index (χ0) is 12.5. The molecule has 4 heteroatoms. The SMILES string of the molecule is CN(c1cc(F)cc2ncccc12)C1CCNC1. The molecule has 0 aliphatic carbocycles. The second kappa shape index (κ2) is 4.53. The third kappa shape index (κ3) is 1.93. The number of fused-ring (bicyclic) bond motifs is 1. The van der Waals surface area contributed by atoms with Gasteiger partial charge >= 0.3 is 0 Å². The van der Waals surface area contributed by atoms with Gasteiger partial charge in [0.2, 0.25) is 0 Å². The molecule has 0 bridgehead atoms.